The Labute approximate surface area is 196 Å². The maximum atomic E-state index is 11.5. The molecule has 0 bridgehead atoms. The molecule has 3 aliphatic rings. The average Bonchev–Trinajstić information content (AvgIpc) is 3.33. The lowest BCUT2D eigenvalue weighted by molar-refractivity contribution is -0.135. The predicted molar refractivity (Wildman–Crippen MR) is 121 cm³/mol. The van der Waals surface area contributed by atoms with E-state index in [2.05, 4.69) is 4.90 Å². The zero-order valence-corrected chi connectivity index (χ0v) is 19.5. The number of carboxylic acid groups (broad SMARTS) is 2. The first-order chi connectivity index (χ1) is 16.0. The van der Waals surface area contributed by atoms with Gasteiger partial charge in [0.1, 0.15) is 6.10 Å². The van der Waals surface area contributed by atoms with E-state index in [0.717, 1.165) is 49.1 Å². The molecule has 5 rings (SSSR count). The van der Waals surface area contributed by atoms with Gasteiger partial charge in [0.25, 0.3) is 11.9 Å². The van der Waals surface area contributed by atoms with Crippen molar-refractivity contribution >= 4 is 11.9 Å². The van der Waals surface area contributed by atoms with Crippen molar-refractivity contribution in [2.24, 2.45) is 0 Å². The normalized spacial score (nSPS) is 21.4. The second kappa shape index (κ2) is 9.78. The number of methoxy groups -OCH3 is 1. The van der Waals surface area contributed by atoms with Crippen molar-refractivity contribution in [3.63, 3.8) is 0 Å². The Kier molecular flexibility index (Phi) is 7.23. The van der Waals surface area contributed by atoms with Gasteiger partial charge >= 0.3 is 0 Å². The molecular formula is C24H29NO9. The number of likely N-dealkylation sites (N-methyl/N-ethyl adjacent to an activating group) is 1. The third kappa shape index (κ3) is 4.46. The molecule has 0 aromatic heterocycles. The molecular weight excluding hydrogens is 446 g/mol. The van der Waals surface area contributed by atoms with Gasteiger partial charge in [-0.15, -0.1) is 0 Å². The van der Waals surface area contributed by atoms with E-state index in [9.17, 15) is 10.2 Å². The Bertz CT molecular complexity index is 1080. The van der Waals surface area contributed by atoms with Crippen molar-refractivity contribution in [1.82, 2.24) is 4.90 Å². The Balaban J connectivity index is 0.000000355. The van der Waals surface area contributed by atoms with Gasteiger partial charge in [-0.05, 0) is 54.8 Å². The van der Waals surface area contributed by atoms with E-state index in [0.29, 0.717) is 23.7 Å². The summed E-state index contributed by atoms with van der Waals surface area (Å²) in [5.74, 6) is 0.209. The molecule has 2 aromatic carbocycles. The van der Waals surface area contributed by atoms with Gasteiger partial charge in [-0.2, -0.15) is 0 Å². The zero-order chi connectivity index (χ0) is 25.2. The van der Waals surface area contributed by atoms with E-state index >= 15 is 0 Å². The number of fused-ring (bicyclic) bond motifs is 5. The minimum absolute atomic E-state index is 0.0916. The zero-order valence-electron chi connectivity index (χ0n) is 19.5. The standard InChI is InChI=1S/C20H21NO5.2C2H4O2/c1-21-6-5-11-7-16(24-2)14(22)8-13(11)20(21)9-12-3-4-15-18(26-10-25-15)17(12)19(20)23;2*1-2(3)4/h3-4,7-8,19,22-23H,5-6,9-10H2,1-2H3;2*1H3,(H,3,4). The number of aliphatic hydroxyl groups is 1. The lowest BCUT2D eigenvalue weighted by Gasteiger charge is -2.46. The van der Waals surface area contributed by atoms with Crippen LogP contribution in [-0.2, 0) is 28.0 Å². The molecule has 2 aliphatic heterocycles. The summed E-state index contributed by atoms with van der Waals surface area (Å²) in [6, 6.07) is 7.55. The fourth-order valence-electron chi connectivity index (χ4n) is 4.78. The van der Waals surface area contributed by atoms with Gasteiger partial charge in [0.15, 0.2) is 23.0 Å². The van der Waals surface area contributed by atoms with Crippen molar-refractivity contribution in [2.75, 3.05) is 27.5 Å². The van der Waals surface area contributed by atoms with Gasteiger partial charge in [-0.3, -0.25) is 14.5 Å². The van der Waals surface area contributed by atoms with Gasteiger partial charge in [-0.1, -0.05) is 6.07 Å². The van der Waals surface area contributed by atoms with E-state index in [1.807, 2.05) is 25.2 Å². The number of phenolic OH excluding ortho intramolecular Hbond substituents is 1. The Morgan fingerprint density at radius 3 is 2.38 bits per heavy atom. The van der Waals surface area contributed by atoms with Crippen LogP contribution in [0.25, 0.3) is 0 Å². The lowest BCUT2D eigenvalue weighted by Crippen LogP contribution is -2.51. The molecule has 0 amide bonds. The smallest absolute Gasteiger partial charge is 0.300 e. The van der Waals surface area contributed by atoms with Crippen LogP contribution >= 0.6 is 0 Å². The third-order valence-electron chi connectivity index (χ3n) is 6.12. The number of nitrogens with zero attached hydrogens (tertiary/aromatic N) is 1. The molecule has 0 saturated heterocycles. The number of carboxylic acids is 2. The van der Waals surface area contributed by atoms with Gasteiger partial charge in [0, 0.05) is 26.0 Å². The number of hydrogen-bond acceptors (Lipinski definition) is 8. The molecule has 34 heavy (non-hydrogen) atoms. The highest BCUT2D eigenvalue weighted by Crippen LogP contribution is 2.57. The number of aromatic hydroxyl groups is 1. The Hall–Kier alpha value is -3.50. The van der Waals surface area contributed by atoms with Gasteiger partial charge in [-0.25, -0.2) is 0 Å². The molecule has 2 unspecified atom stereocenters. The summed E-state index contributed by atoms with van der Waals surface area (Å²) in [5.41, 5.74) is 3.26. The first-order valence-electron chi connectivity index (χ1n) is 10.6. The summed E-state index contributed by atoms with van der Waals surface area (Å²) in [6.07, 6.45) is 0.714. The summed E-state index contributed by atoms with van der Waals surface area (Å²) in [6.45, 7) is 3.15. The maximum absolute atomic E-state index is 11.5. The highest BCUT2D eigenvalue weighted by atomic mass is 16.7. The molecule has 10 heteroatoms. The summed E-state index contributed by atoms with van der Waals surface area (Å²) in [4.78, 5) is 20.2. The summed E-state index contributed by atoms with van der Waals surface area (Å²) in [7, 11) is 3.57. The van der Waals surface area contributed by atoms with Crippen LogP contribution in [0.1, 0.15) is 42.2 Å². The lowest BCUT2D eigenvalue weighted by atomic mass is 9.77. The monoisotopic (exact) mass is 475 g/mol. The SMILES string of the molecule is CC(=O)O.CC(=O)O.COc1cc2c(cc1O)C1(Cc3ccc4c(c3C1O)OCO4)N(C)CC2. The minimum atomic E-state index is -0.833. The van der Waals surface area contributed by atoms with Crippen molar-refractivity contribution in [2.45, 2.75) is 38.3 Å². The number of phenols is 1. The van der Waals surface area contributed by atoms with Crippen LogP contribution < -0.4 is 14.2 Å². The molecule has 2 atom stereocenters. The van der Waals surface area contributed by atoms with E-state index < -0.39 is 23.6 Å². The first kappa shape index (κ1) is 25.1. The number of rotatable bonds is 1. The first-order valence-corrected chi connectivity index (χ1v) is 10.6. The molecule has 0 radical (unpaired) electrons. The molecule has 0 saturated carbocycles. The number of hydrogen-bond donors (Lipinski definition) is 4. The molecule has 1 spiro atoms. The Morgan fingerprint density at radius 2 is 1.76 bits per heavy atom. The quantitative estimate of drug-likeness (QED) is 0.484. The highest BCUT2D eigenvalue weighted by Gasteiger charge is 2.54. The summed E-state index contributed by atoms with van der Waals surface area (Å²) >= 11 is 0. The van der Waals surface area contributed by atoms with Gasteiger partial charge < -0.3 is 34.6 Å². The number of ether oxygens (including phenoxy) is 3. The fourth-order valence-corrected chi connectivity index (χ4v) is 4.78. The van der Waals surface area contributed by atoms with Crippen molar-refractivity contribution in [1.29, 1.82) is 0 Å². The van der Waals surface area contributed by atoms with Crippen molar-refractivity contribution in [3.8, 4) is 23.0 Å². The average molecular weight is 475 g/mol. The second-order valence-corrected chi connectivity index (χ2v) is 8.27. The highest BCUT2D eigenvalue weighted by molar-refractivity contribution is 5.63. The predicted octanol–water partition coefficient (Wildman–Crippen LogP) is 2.28. The topological polar surface area (TPSA) is 146 Å². The van der Waals surface area contributed by atoms with Crippen LogP contribution in [0, 0.1) is 0 Å². The van der Waals surface area contributed by atoms with Gasteiger partial charge in [0.2, 0.25) is 6.79 Å². The van der Waals surface area contributed by atoms with E-state index in [1.54, 1.807) is 13.2 Å². The van der Waals surface area contributed by atoms with Crippen LogP contribution in [0.5, 0.6) is 23.0 Å². The third-order valence-corrected chi connectivity index (χ3v) is 6.12. The summed E-state index contributed by atoms with van der Waals surface area (Å²) in [5, 5.41) is 36.7. The number of aliphatic hydroxyl groups excluding tert-OH is 1. The van der Waals surface area contributed by atoms with Crippen LogP contribution in [0.2, 0.25) is 0 Å². The molecule has 4 N–H and O–H groups in total. The van der Waals surface area contributed by atoms with Crippen molar-refractivity contribution in [3.05, 3.63) is 46.5 Å². The molecule has 1 aliphatic carbocycles. The number of benzene rings is 2. The van der Waals surface area contributed by atoms with Crippen LogP contribution in [0.4, 0.5) is 0 Å². The van der Waals surface area contributed by atoms with E-state index in [4.69, 9.17) is 34.0 Å². The largest absolute Gasteiger partial charge is 0.504 e. The molecule has 2 heterocycles. The van der Waals surface area contributed by atoms with E-state index in [1.165, 1.54) is 0 Å². The molecule has 0 fully saturated rings. The molecule has 184 valence electrons. The van der Waals surface area contributed by atoms with Crippen LogP contribution in [-0.4, -0.2) is 64.8 Å². The summed E-state index contributed by atoms with van der Waals surface area (Å²) < 4.78 is 16.4. The van der Waals surface area contributed by atoms with Crippen LogP contribution in [0.3, 0.4) is 0 Å². The van der Waals surface area contributed by atoms with Crippen LogP contribution in [0.15, 0.2) is 24.3 Å². The second-order valence-electron chi connectivity index (χ2n) is 8.27. The number of carbonyl (C=O) groups is 2. The molecule has 10 nitrogen and oxygen atoms in total. The fraction of sp³-hybridized carbons (Fsp3) is 0.417. The maximum Gasteiger partial charge on any atom is 0.300 e. The van der Waals surface area contributed by atoms with Gasteiger partial charge in [0.05, 0.1) is 12.6 Å². The molecule has 2 aromatic rings. The minimum Gasteiger partial charge on any atom is -0.504 e. The van der Waals surface area contributed by atoms with Crippen molar-refractivity contribution < 1.29 is 44.2 Å². The van der Waals surface area contributed by atoms with E-state index in [-0.39, 0.29) is 12.5 Å². The number of aliphatic carboxylic acids is 2. The Morgan fingerprint density at radius 1 is 1.12 bits per heavy atom.